The predicted octanol–water partition coefficient (Wildman–Crippen LogP) is 12.7. The number of allylic oxidation sites excluding steroid dienone is 2. The highest BCUT2D eigenvalue weighted by atomic mass is 16.3. The lowest BCUT2D eigenvalue weighted by Crippen LogP contribution is -2.33. The molecule has 0 amide bonds. The van der Waals surface area contributed by atoms with E-state index in [9.17, 15) is 0 Å². The molecule has 1 unspecified atom stereocenters. The van der Waals surface area contributed by atoms with E-state index in [1.54, 1.807) is 0 Å². The van der Waals surface area contributed by atoms with Gasteiger partial charge in [-0.15, -0.1) is 0 Å². The van der Waals surface area contributed by atoms with E-state index in [4.69, 9.17) is 14.4 Å². The molecule has 0 spiro atoms. The first-order valence-electron chi connectivity index (χ1n) is 19.3. The molecule has 0 fully saturated rings. The van der Waals surface area contributed by atoms with Crippen molar-refractivity contribution in [3.63, 3.8) is 0 Å². The molecular weight excluding hydrogens is 685 g/mol. The summed E-state index contributed by atoms with van der Waals surface area (Å²) in [5, 5.41) is 8.22. The number of hydrogen-bond donors (Lipinski definition) is 1. The molecule has 1 aliphatic heterocycles. The van der Waals surface area contributed by atoms with Crippen LogP contribution in [0.2, 0.25) is 0 Å². The van der Waals surface area contributed by atoms with E-state index >= 15 is 0 Å². The highest BCUT2D eigenvalue weighted by Gasteiger charge is 2.26. The minimum Gasteiger partial charge on any atom is -0.454 e. The van der Waals surface area contributed by atoms with Crippen LogP contribution in [-0.2, 0) is 0 Å². The third-order valence-electron chi connectivity index (χ3n) is 11.1. The predicted molar refractivity (Wildman–Crippen MR) is 232 cm³/mol. The summed E-state index contributed by atoms with van der Waals surface area (Å²) < 4.78 is 9.28. The zero-order chi connectivity index (χ0) is 37.0. The zero-order valence-corrected chi connectivity index (χ0v) is 30.6. The van der Waals surface area contributed by atoms with E-state index in [0.717, 1.165) is 85.4 Å². The van der Waals surface area contributed by atoms with Gasteiger partial charge in [0.15, 0.2) is 11.4 Å². The van der Waals surface area contributed by atoms with E-state index in [1.807, 2.05) is 0 Å². The van der Waals surface area contributed by atoms with Crippen LogP contribution in [0.3, 0.4) is 0 Å². The summed E-state index contributed by atoms with van der Waals surface area (Å²) in [6.07, 6.45) is 8.27. The Morgan fingerprint density at radius 2 is 1.30 bits per heavy atom. The monoisotopic (exact) mass is 720 g/mol. The van der Waals surface area contributed by atoms with Crippen LogP contribution in [-0.4, -0.2) is 16.2 Å². The second-order valence-electron chi connectivity index (χ2n) is 14.5. The van der Waals surface area contributed by atoms with Crippen molar-refractivity contribution in [2.45, 2.75) is 19.0 Å². The number of nitrogens with one attached hydrogen (secondary N) is 1. The summed E-state index contributed by atoms with van der Waals surface area (Å²) in [6.45, 7) is 0. The lowest BCUT2D eigenvalue weighted by molar-refractivity contribution is 0.665. The molecule has 11 rings (SSSR count). The summed E-state index contributed by atoms with van der Waals surface area (Å²) in [7, 11) is 0. The Labute approximate surface area is 324 Å². The number of aromatic nitrogens is 1. The quantitative estimate of drug-likeness (QED) is 0.186. The van der Waals surface area contributed by atoms with Gasteiger partial charge in [-0.2, -0.15) is 0 Å². The van der Waals surface area contributed by atoms with Crippen LogP contribution >= 0.6 is 0 Å². The summed E-state index contributed by atoms with van der Waals surface area (Å²) in [6, 6.07) is 57.9. The highest BCUT2D eigenvalue weighted by Crippen LogP contribution is 2.40. The molecule has 9 aromatic rings. The average molecular weight is 721 g/mol. The molecule has 266 valence electrons. The molecule has 1 aliphatic carbocycles. The molecule has 0 saturated carbocycles. The van der Waals surface area contributed by atoms with E-state index < -0.39 is 0 Å². The van der Waals surface area contributed by atoms with Gasteiger partial charge in [0, 0.05) is 32.7 Å². The maximum Gasteiger partial charge on any atom is 0.159 e. The van der Waals surface area contributed by atoms with Crippen LogP contribution in [0, 0.1) is 0 Å². The highest BCUT2D eigenvalue weighted by molar-refractivity contribution is 6.23. The van der Waals surface area contributed by atoms with E-state index in [1.165, 1.54) is 27.5 Å². The fourth-order valence-corrected chi connectivity index (χ4v) is 8.43. The molecule has 1 N–H and O–H groups in total. The fraction of sp³-hybridized carbons (Fsp3) is 0.0588. The molecule has 2 aromatic heterocycles. The third kappa shape index (κ3) is 5.39. The molecule has 0 saturated heterocycles. The topological polar surface area (TPSA) is 54.8 Å². The Morgan fingerprint density at radius 3 is 2.12 bits per heavy atom. The van der Waals surface area contributed by atoms with E-state index in [-0.39, 0.29) is 6.17 Å². The van der Waals surface area contributed by atoms with Crippen molar-refractivity contribution in [3.05, 3.63) is 199 Å². The Hall–Kier alpha value is -7.24. The van der Waals surface area contributed by atoms with Crippen molar-refractivity contribution in [2.24, 2.45) is 9.98 Å². The van der Waals surface area contributed by atoms with Gasteiger partial charge < -0.3 is 14.3 Å². The van der Waals surface area contributed by atoms with Crippen molar-refractivity contribution in [1.29, 1.82) is 0 Å². The second-order valence-corrected chi connectivity index (χ2v) is 14.5. The van der Waals surface area contributed by atoms with Gasteiger partial charge in [-0.1, -0.05) is 152 Å². The number of aliphatic imine (C=N–C) groups is 2. The molecule has 7 aromatic carbocycles. The largest absolute Gasteiger partial charge is 0.454 e. The van der Waals surface area contributed by atoms with Gasteiger partial charge in [0.25, 0.3) is 0 Å². The molecule has 1 atom stereocenters. The second kappa shape index (κ2) is 13.3. The number of para-hydroxylation sites is 2. The SMILES string of the molecule is C1=CC(C2=NC(c3cccc(-c4ccccc4)c3)NC(c3cccc4oc5c(-n6c7ccccc7c7ccc(-c8ccccc8)cc76)cccc5c34)=N2)=CCC1. The third-order valence-corrected chi connectivity index (χ3v) is 11.1. The number of benzene rings is 7. The number of amidine groups is 2. The van der Waals surface area contributed by atoms with Crippen molar-refractivity contribution in [1.82, 2.24) is 9.88 Å². The normalized spacial score (nSPS) is 15.6. The Kier molecular flexibility index (Phi) is 7.62. The minimum absolute atomic E-state index is 0.335. The van der Waals surface area contributed by atoms with Gasteiger partial charge in [0.1, 0.15) is 17.6 Å². The van der Waals surface area contributed by atoms with Gasteiger partial charge >= 0.3 is 0 Å². The minimum atomic E-state index is -0.335. The molecule has 2 aliphatic rings. The van der Waals surface area contributed by atoms with Gasteiger partial charge in [0.2, 0.25) is 0 Å². The molecule has 56 heavy (non-hydrogen) atoms. The van der Waals surface area contributed by atoms with Crippen LogP contribution in [0.5, 0.6) is 0 Å². The Balaban J connectivity index is 1.09. The molecule has 5 nitrogen and oxygen atoms in total. The maximum absolute atomic E-state index is 6.91. The number of furan rings is 1. The fourth-order valence-electron chi connectivity index (χ4n) is 8.43. The first kappa shape index (κ1) is 32.2. The van der Waals surface area contributed by atoms with Crippen LogP contribution in [0.15, 0.2) is 202 Å². The summed E-state index contributed by atoms with van der Waals surface area (Å²) >= 11 is 0. The van der Waals surface area contributed by atoms with Crippen molar-refractivity contribution < 1.29 is 4.42 Å². The smallest absolute Gasteiger partial charge is 0.159 e. The molecule has 3 heterocycles. The van der Waals surface area contributed by atoms with E-state index in [2.05, 4.69) is 192 Å². The molecule has 0 radical (unpaired) electrons. The van der Waals surface area contributed by atoms with Crippen LogP contribution in [0.1, 0.15) is 30.1 Å². The van der Waals surface area contributed by atoms with Crippen LogP contribution in [0.4, 0.5) is 0 Å². The number of fused-ring (bicyclic) bond motifs is 6. The van der Waals surface area contributed by atoms with Gasteiger partial charge in [-0.25, -0.2) is 9.98 Å². The lowest BCUT2D eigenvalue weighted by atomic mass is 10.00. The number of rotatable bonds is 6. The van der Waals surface area contributed by atoms with Gasteiger partial charge in [-0.05, 0) is 71.0 Å². The number of nitrogens with zero attached hydrogens (tertiary/aromatic N) is 3. The van der Waals surface area contributed by atoms with Gasteiger partial charge in [0.05, 0.1) is 16.7 Å². The molecular formula is C51H36N4O. The standard InChI is InChI=1S/C51H36N4O/c1-4-15-33(16-5-1)36-21-12-22-38(31-36)50-52-49(35-19-8-3-9-20-35)53-51(54-50)42-25-14-28-46-47(42)41-24-13-27-44(48(41)56-46)55-43-26-11-10-23-39(43)40-30-29-37(32-45(40)55)34-17-6-2-7-18-34/h1-2,4-8,10-32,50H,3,9H2,(H,52,53,54). The maximum atomic E-state index is 6.91. The first-order chi connectivity index (χ1) is 27.8. The molecule has 0 bridgehead atoms. The number of hydrogen-bond acceptors (Lipinski definition) is 4. The Morgan fingerprint density at radius 1 is 0.589 bits per heavy atom. The zero-order valence-electron chi connectivity index (χ0n) is 30.6. The Bertz CT molecular complexity index is 3110. The van der Waals surface area contributed by atoms with Crippen molar-refractivity contribution in [2.75, 3.05) is 0 Å². The summed E-state index contributed by atoms with van der Waals surface area (Å²) in [5.41, 5.74) is 12.7. The summed E-state index contributed by atoms with van der Waals surface area (Å²) in [5.74, 6) is 1.50. The van der Waals surface area contributed by atoms with Crippen LogP contribution in [0.25, 0.3) is 71.7 Å². The van der Waals surface area contributed by atoms with E-state index in [0.29, 0.717) is 0 Å². The lowest BCUT2D eigenvalue weighted by Gasteiger charge is -2.25. The van der Waals surface area contributed by atoms with Gasteiger partial charge in [-0.3, -0.25) is 0 Å². The van der Waals surface area contributed by atoms with Crippen LogP contribution < -0.4 is 5.32 Å². The first-order valence-corrected chi connectivity index (χ1v) is 19.3. The van der Waals surface area contributed by atoms with Crippen molar-refractivity contribution in [3.8, 4) is 27.9 Å². The van der Waals surface area contributed by atoms with Crippen molar-refractivity contribution >= 4 is 55.4 Å². The summed E-state index contributed by atoms with van der Waals surface area (Å²) in [4.78, 5) is 10.5. The average Bonchev–Trinajstić information content (AvgIpc) is 3.83. The molecule has 5 heteroatoms.